The first-order valence-electron chi connectivity index (χ1n) is 9.01. The summed E-state index contributed by atoms with van der Waals surface area (Å²) in [7, 11) is 3.22. The third kappa shape index (κ3) is 3.59. The largest absolute Gasteiger partial charge is 0.385 e. The number of rotatable bonds is 7. The molecule has 4 rings (SSSR count). The summed E-state index contributed by atoms with van der Waals surface area (Å²) in [6.07, 6.45) is 2.20. The zero-order valence-corrected chi connectivity index (χ0v) is 16.8. The highest BCUT2D eigenvalue weighted by molar-refractivity contribution is 6.30. The molecule has 29 heavy (non-hydrogen) atoms. The molecule has 0 unspecified atom stereocenters. The minimum Gasteiger partial charge on any atom is -0.385 e. The van der Waals surface area contributed by atoms with Crippen LogP contribution in [0.2, 0.25) is 5.02 Å². The maximum absolute atomic E-state index is 12.8. The Balaban J connectivity index is 1.90. The summed E-state index contributed by atoms with van der Waals surface area (Å²) in [5.41, 5.74) is 3.05. The van der Waals surface area contributed by atoms with Crippen LogP contribution >= 0.6 is 11.6 Å². The Morgan fingerprint density at radius 1 is 1.07 bits per heavy atom. The van der Waals surface area contributed by atoms with Gasteiger partial charge in [0.2, 0.25) is 0 Å². The van der Waals surface area contributed by atoms with Crippen LogP contribution in [0, 0.1) is 0 Å². The van der Waals surface area contributed by atoms with Crippen LogP contribution in [0.25, 0.3) is 27.9 Å². The highest BCUT2D eigenvalue weighted by Crippen LogP contribution is 2.29. The summed E-state index contributed by atoms with van der Waals surface area (Å²) in [6, 6.07) is 7.35. The van der Waals surface area contributed by atoms with E-state index in [-0.39, 0.29) is 17.7 Å². The molecule has 4 aromatic rings. The van der Waals surface area contributed by atoms with Crippen LogP contribution < -0.4 is 5.56 Å². The minimum atomic E-state index is -0.266. The van der Waals surface area contributed by atoms with E-state index in [1.165, 1.54) is 10.9 Å². The first kappa shape index (κ1) is 19.4. The number of aryl methyl sites for hydroxylation is 1. The van der Waals surface area contributed by atoms with E-state index in [9.17, 15) is 4.79 Å². The van der Waals surface area contributed by atoms with Crippen molar-refractivity contribution in [3.63, 3.8) is 0 Å². The van der Waals surface area contributed by atoms with Crippen molar-refractivity contribution in [2.45, 2.75) is 19.6 Å². The van der Waals surface area contributed by atoms with Gasteiger partial charge in [0, 0.05) is 32.4 Å². The Morgan fingerprint density at radius 3 is 2.59 bits per heavy atom. The Morgan fingerprint density at radius 2 is 1.86 bits per heavy atom. The first-order valence-corrected chi connectivity index (χ1v) is 9.39. The van der Waals surface area contributed by atoms with Crippen molar-refractivity contribution >= 4 is 28.4 Å². The lowest BCUT2D eigenvalue weighted by atomic mass is 10.1. The van der Waals surface area contributed by atoms with Gasteiger partial charge in [-0.05, 0) is 24.1 Å². The number of hydrogen-bond donors (Lipinski definition) is 0. The molecule has 0 spiro atoms. The number of benzene rings is 1. The fourth-order valence-electron chi connectivity index (χ4n) is 3.19. The lowest BCUT2D eigenvalue weighted by Crippen LogP contribution is -2.23. The van der Waals surface area contributed by atoms with Crippen molar-refractivity contribution in [1.82, 2.24) is 29.4 Å². The summed E-state index contributed by atoms with van der Waals surface area (Å²) in [6.45, 7) is 1.31. The average molecular weight is 415 g/mol. The smallest absolute Gasteiger partial charge is 0.283 e. The number of aromatic nitrogens is 6. The molecule has 0 atom stereocenters. The molecule has 9 nitrogen and oxygen atoms in total. The molecule has 3 aromatic heterocycles. The predicted molar refractivity (Wildman–Crippen MR) is 108 cm³/mol. The van der Waals surface area contributed by atoms with Gasteiger partial charge in [-0.1, -0.05) is 23.7 Å². The van der Waals surface area contributed by atoms with Crippen LogP contribution in [0.5, 0.6) is 0 Å². The van der Waals surface area contributed by atoms with Crippen LogP contribution in [0.4, 0.5) is 0 Å². The topological polar surface area (TPSA) is 96.4 Å². The molecule has 0 radical (unpaired) electrons. The van der Waals surface area contributed by atoms with E-state index in [1.807, 2.05) is 12.1 Å². The maximum atomic E-state index is 12.8. The Bertz CT molecular complexity index is 1220. The molecule has 0 amide bonds. The second-order valence-electron chi connectivity index (χ2n) is 6.46. The quantitative estimate of drug-likeness (QED) is 0.428. The number of hydrogen-bond acceptors (Lipinski definition) is 7. The van der Waals surface area contributed by atoms with Crippen LogP contribution in [0.1, 0.15) is 12.1 Å². The second-order valence-corrected chi connectivity index (χ2v) is 6.90. The monoisotopic (exact) mass is 414 g/mol. The fourth-order valence-corrected chi connectivity index (χ4v) is 3.32. The highest BCUT2D eigenvalue weighted by Gasteiger charge is 2.20. The van der Waals surface area contributed by atoms with Crippen molar-refractivity contribution in [2.24, 2.45) is 0 Å². The SMILES string of the molecule is COCCCn1cnc2c(nnc3c(-c4ccc(Cl)cc4)c(COC)nn32)c1=O. The third-order valence-electron chi connectivity index (χ3n) is 4.53. The van der Waals surface area contributed by atoms with Gasteiger partial charge in [-0.3, -0.25) is 9.36 Å². The standard InChI is InChI=1S/C19H19ClN6O3/c1-28-9-3-8-25-11-21-18-16(19(25)27)22-23-17-15(12-4-6-13(20)7-5-12)14(10-29-2)24-26(17)18/h4-7,11H,3,8-10H2,1-2H3. The highest BCUT2D eigenvalue weighted by atomic mass is 35.5. The van der Waals surface area contributed by atoms with Crippen molar-refractivity contribution in [1.29, 1.82) is 0 Å². The fraction of sp³-hybridized carbons (Fsp3) is 0.316. The van der Waals surface area contributed by atoms with Gasteiger partial charge in [-0.2, -0.15) is 9.61 Å². The molecule has 3 heterocycles. The first-order chi connectivity index (χ1) is 14.1. The molecule has 1 aromatic carbocycles. The Kier molecular flexibility index (Phi) is 5.52. The molecule has 0 aliphatic rings. The van der Waals surface area contributed by atoms with E-state index in [0.29, 0.717) is 41.6 Å². The van der Waals surface area contributed by atoms with Crippen molar-refractivity contribution < 1.29 is 9.47 Å². The van der Waals surface area contributed by atoms with Gasteiger partial charge in [0.1, 0.15) is 6.33 Å². The molecule has 0 aliphatic heterocycles. The number of halogens is 1. The van der Waals surface area contributed by atoms with E-state index in [0.717, 1.165) is 11.1 Å². The van der Waals surface area contributed by atoms with Gasteiger partial charge in [0.15, 0.2) is 16.8 Å². The van der Waals surface area contributed by atoms with E-state index >= 15 is 0 Å². The third-order valence-corrected chi connectivity index (χ3v) is 4.79. The van der Waals surface area contributed by atoms with E-state index in [4.69, 9.17) is 21.1 Å². The number of fused-ring (bicyclic) bond motifs is 3. The molecule has 0 N–H and O–H groups in total. The summed E-state index contributed by atoms with van der Waals surface area (Å²) >= 11 is 6.02. The van der Waals surface area contributed by atoms with Crippen molar-refractivity contribution in [3.05, 3.63) is 51.7 Å². The van der Waals surface area contributed by atoms with Crippen molar-refractivity contribution in [3.8, 4) is 11.1 Å². The summed E-state index contributed by atoms with van der Waals surface area (Å²) in [4.78, 5) is 17.2. The molecule has 0 saturated heterocycles. The molecule has 10 heteroatoms. The molecular formula is C19H19ClN6O3. The normalized spacial score (nSPS) is 11.6. The van der Waals surface area contributed by atoms with Gasteiger partial charge in [0.05, 0.1) is 17.9 Å². The van der Waals surface area contributed by atoms with Gasteiger partial charge in [0.25, 0.3) is 5.56 Å². The van der Waals surface area contributed by atoms with E-state index < -0.39 is 0 Å². The minimum absolute atomic E-state index is 0.159. The Hall–Kier alpha value is -2.88. The average Bonchev–Trinajstić information content (AvgIpc) is 3.09. The van der Waals surface area contributed by atoms with Gasteiger partial charge < -0.3 is 9.47 Å². The number of methoxy groups -OCH3 is 2. The van der Waals surface area contributed by atoms with Gasteiger partial charge >= 0.3 is 0 Å². The zero-order valence-electron chi connectivity index (χ0n) is 16.0. The van der Waals surface area contributed by atoms with Crippen LogP contribution in [0.15, 0.2) is 35.4 Å². The number of nitrogens with zero attached hydrogens (tertiary/aromatic N) is 6. The molecule has 0 fully saturated rings. The van der Waals surface area contributed by atoms with E-state index in [2.05, 4.69) is 20.3 Å². The van der Waals surface area contributed by atoms with Crippen LogP contribution in [-0.4, -0.2) is 50.2 Å². The molecule has 0 saturated carbocycles. The Labute approximate surface area is 170 Å². The van der Waals surface area contributed by atoms with Crippen LogP contribution in [0.3, 0.4) is 0 Å². The van der Waals surface area contributed by atoms with Gasteiger partial charge in [-0.25, -0.2) is 4.98 Å². The zero-order chi connectivity index (χ0) is 20.4. The summed E-state index contributed by atoms with van der Waals surface area (Å²) in [5, 5.41) is 13.7. The van der Waals surface area contributed by atoms with Crippen molar-refractivity contribution in [2.75, 3.05) is 20.8 Å². The number of ether oxygens (including phenoxy) is 2. The molecular weight excluding hydrogens is 396 g/mol. The predicted octanol–water partition coefficient (Wildman–Crippen LogP) is 2.34. The van der Waals surface area contributed by atoms with E-state index in [1.54, 1.807) is 30.9 Å². The lowest BCUT2D eigenvalue weighted by Gasteiger charge is -2.06. The summed E-state index contributed by atoms with van der Waals surface area (Å²) in [5.74, 6) is 0. The maximum Gasteiger partial charge on any atom is 0.283 e. The second kappa shape index (κ2) is 8.24. The molecule has 0 aliphatic carbocycles. The van der Waals surface area contributed by atoms with Gasteiger partial charge in [-0.15, -0.1) is 10.2 Å². The molecule has 0 bridgehead atoms. The molecule has 150 valence electrons. The van der Waals surface area contributed by atoms with Crippen LogP contribution in [-0.2, 0) is 22.6 Å². The summed E-state index contributed by atoms with van der Waals surface area (Å²) < 4.78 is 13.4. The lowest BCUT2D eigenvalue weighted by molar-refractivity contribution is 0.181.